The van der Waals surface area contributed by atoms with Crippen LogP contribution in [0.15, 0.2) is 0 Å². The lowest BCUT2D eigenvalue weighted by Gasteiger charge is -2.02. The second-order valence-corrected chi connectivity index (χ2v) is 3.32. The maximum Gasteiger partial charge on any atom is 0.305 e. The standard InChI is InChI=1S/C11H23NO2/c1-3-12-10-8-6-5-7-9-11(13)14-4-2/h12H,3-10H2,1-2H3. The Morgan fingerprint density at radius 2 is 1.86 bits per heavy atom. The smallest absolute Gasteiger partial charge is 0.305 e. The number of ether oxygens (including phenoxy) is 1. The Kier molecular flexibility index (Phi) is 10.1. The van der Waals surface area contributed by atoms with Crippen LogP contribution in [0.3, 0.4) is 0 Å². The molecule has 0 aliphatic rings. The molecule has 0 aliphatic heterocycles. The topological polar surface area (TPSA) is 38.3 Å². The summed E-state index contributed by atoms with van der Waals surface area (Å²) in [7, 11) is 0. The molecule has 14 heavy (non-hydrogen) atoms. The predicted octanol–water partition coefficient (Wildman–Crippen LogP) is 2.11. The van der Waals surface area contributed by atoms with Crippen LogP contribution in [-0.4, -0.2) is 25.7 Å². The fourth-order valence-corrected chi connectivity index (χ4v) is 1.28. The molecule has 0 fully saturated rings. The van der Waals surface area contributed by atoms with Gasteiger partial charge in [0.2, 0.25) is 0 Å². The van der Waals surface area contributed by atoms with Crippen molar-refractivity contribution in [2.24, 2.45) is 0 Å². The highest BCUT2D eigenvalue weighted by Gasteiger charge is 1.99. The summed E-state index contributed by atoms with van der Waals surface area (Å²) >= 11 is 0. The van der Waals surface area contributed by atoms with Crippen LogP contribution in [0.1, 0.15) is 46.0 Å². The molecule has 0 unspecified atom stereocenters. The molecule has 3 nitrogen and oxygen atoms in total. The summed E-state index contributed by atoms with van der Waals surface area (Å²) in [5, 5.41) is 3.28. The Morgan fingerprint density at radius 1 is 1.14 bits per heavy atom. The largest absolute Gasteiger partial charge is 0.466 e. The summed E-state index contributed by atoms with van der Waals surface area (Å²) in [4.78, 5) is 10.9. The van der Waals surface area contributed by atoms with Gasteiger partial charge in [-0.2, -0.15) is 0 Å². The molecule has 0 spiro atoms. The molecule has 0 atom stereocenters. The number of nitrogens with one attached hydrogen (secondary N) is 1. The Labute approximate surface area is 87.2 Å². The first kappa shape index (κ1) is 13.4. The quantitative estimate of drug-likeness (QED) is 0.458. The average molecular weight is 201 g/mol. The van der Waals surface area contributed by atoms with Crippen molar-refractivity contribution >= 4 is 5.97 Å². The minimum Gasteiger partial charge on any atom is -0.466 e. The van der Waals surface area contributed by atoms with Crippen LogP contribution in [0, 0.1) is 0 Å². The van der Waals surface area contributed by atoms with Crippen molar-refractivity contribution in [1.29, 1.82) is 0 Å². The Balaban J connectivity index is 3.01. The van der Waals surface area contributed by atoms with E-state index in [1.54, 1.807) is 0 Å². The minimum atomic E-state index is -0.0563. The maximum atomic E-state index is 10.9. The van der Waals surface area contributed by atoms with Crippen LogP contribution in [0.2, 0.25) is 0 Å². The van der Waals surface area contributed by atoms with Gasteiger partial charge < -0.3 is 10.1 Å². The molecule has 0 bridgehead atoms. The van der Waals surface area contributed by atoms with Gasteiger partial charge in [-0.1, -0.05) is 19.8 Å². The summed E-state index contributed by atoms with van der Waals surface area (Å²) in [5.41, 5.74) is 0. The molecule has 0 rings (SSSR count). The highest BCUT2D eigenvalue weighted by Crippen LogP contribution is 2.03. The monoisotopic (exact) mass is 201 g/mol. The molecular weight excluding hydrogens is 178 g/mol. The van der Waals surface area contributed by atoms with Gasteiger partial charge in [0.25, 0.3) is 0 Å². The first-order chi connectivity index (χ1) is 6.81. The number of carbonyl (C=O) groups excluding carboxylic acids is 1. The van der Waals surface area contributed by atoms with Crippen LogP contribution in [-0.2, 0) is 9.53 Å². The van der Waals surface area contributed by atoms with Crippen molar-refractivity contribution in [3.8, 4) is 0 Å². The highest BCUT2D eigenvalue weighted by atomic mass is 16.5. The van der Waals surface area contributed by atoms with Gasteiger partial charge in [-0.05, 0) is 32.9 Å². The lowest BCUT2D eigenvalue weighted by molar-refractivity contribution is -0.143. The SMILES string of the molecule is CCNCCCCCCC(=O)OCC. The van der Waals surface area contributed by atoms with E-state index in [4.69, 9.17) is 4.74 Å². The fraction of sp³-hybridized carbons (Fsp3) is 0.909. The second-order valence-electron chi connectivity index (χ2n) is 3.32. The summed E-state index contributed by atoms with van der Waals surface area (Å²) in [6, 6.07) is 0. The third kappa shape index (κ3) is 9.52. The zero-order valence-corrected chi connectivity index (χ0v) is 9.47. The van der Waals surface area contributed by atoms with Crippen molar-refractivity contribution in [2.45, 2.75) is 46.0 Å². The molecule has 0 aromatic carbocycles. The lowest BCUT2D eigenvalue weighted by Crippen LogP contribution is -2.13. The van der Waals surface area contributed by atoms with E-state index in [2.05, 4.69) is 12.2 Å². The van der Waals surface area contributed by atoms with E-state index in [0.29, 0.717) is 13.0 Å². The third-order valence-corrected chi connectivity index (χ3v) is 2.04. The third-order valence-electron chi connectivity index (χ3n) is 2.04. The highest BCUT2D eigenvalue weighted by molar-refractivity contribution is 5.69. The number of carbonyl (C=O) groups is 1. The lowest BCUT2D eigenvalue weighted by atomic mass is 10.1. The Morgan fingerprint density at radius 3 is 2.50 bits per heavy atom. The molecule has 0 aromatic heterocycles. The van der Waals surface area contributed by atoms with Crippen molar-refractivity contribution in [3.05, 3.63) is 0 Å². The van der Waals surface area contributed by atoms with Gasteiger partial charge in [0.1, 0.15) is 0 Å². The van der Waals surface area contributed by atoms with E-state index < -0.39 is 0 Å². The van der Waals surface area contributed by atoms with Crippen molar-refractivity contribution in [3.63, 3.8) is 0 Å². The Bertz CT molecular complexity index is 137. The first-order valence-corrected chi connectivity index (χ1v) is 5.67. The summed E-state index contributed by atoms with van der Waals surface area (Å²) in [5.74, 6) is -0.0563. The van der Waals surface area contributed by atoms with Gasteiger partial charge in [-0.3, -0.25) is 4.79 Å². The molecule has 1 N–H and O–H groups in total. The van der Waals surface area contributed by atoms with Crippen LogP contribution in [0.5, 0.6) is 0 Å². The molecule has 0 aromatic rings. The normalized spacial score (nSPS) is 10.1. The molecule has 0 heterocycles. The van der Waals surface area contributed by atoms with Gasteiger partial charge in [0, 0.05) is 6.42 Å². The number of hydrogen-bond acceptors (Lipinski definition) is 3. The van der Waals surface area contributed by atoms with Crippen LogP contribution < -0.4 is 5.32 Å². The zero-order valence-electron chi connectivity index (χ0n) is 9.47. The van der Waals surface area contributed by atoms with Crippen LogP contribution in [0.25, 0.3) is 0 Å². The zero-order chi connectivity index (χ0) is 10.6. The van der Waals surface area contributed by atoms with E-state index >= 15 is 0 Å². The van der Waals surface area contributed by atoms with Crippen LogP contribution >= 0.6 is 0 Å². The molecular formula is C11H23NO2. The average Bonchev–Trinajstić information content (AvgIpc) is 2.17. The number of hydrogen-bond donors (Lipinski definition) is 1. The van der Waals surface area contributed by atoms with Gasteiger partial charge in [0.15, 0.2) is 0 Å². The van der Waals surface area contributed by atoms with Gasteiger partial charge in [0.05, 0.1) is 6.61 Å². The van der Waals surface area contributed by atoms with Gasteiger partial charge >= 0.3 is 5.97 Å². The first-order valence-electron chi connectivity index (χ1n) is 5.67. The number of rotatable bonds is 9. The Hall–Kier alpha value is -0.570. The minimum absolute atomic E-state index is 0.0563. The molecule has 0 saturated carbocycles. The van der Waals surface area contributed by atoms with Gasteiger partial charge in [-0.15, -0.1) is 0 Å². The van der Waals surface area contributed by atoms with E-state index in [0.717, 1.165) is 25.9 Å². The fourth-order valence-electron chi connectivity index (χ4n) is 1.28. The molecule has 0 radical (unpaired) electrons. The second kappa shape index (κ2) is 10.5. The predicted molar refractivity (Wildman–Crippen MR) is 58.3 cm³/mol. The van der Waals surface area contributed by atoms with Crippen LogP contribution in [0.4, 0.5) is 0 Å². The van der Waals surface area contributed by atoms with Crippen molar-refractivity contribution in [1.82, 2.24) is 5.32 Å². The van der Waals surface area contributed by atoms with Gasteiger partial charge in [-0.25, -0.2) is 0 Å². The van der Waals surface area contributed by atoms with E-state index in [1.807, 2.05) is 6.92 Å². The molecule has 0 amide bonds. The maximum absolute atomic E-state index is 10.9. The summed E-state index contributed by atoms with van der Waals surface area (Å²) < 4.78 is 4.84. The summed E-state index contributed by atoms with van der Waals surface area (Å²) in [6.45, 7) is 6.59. The summed E-state index contributed by atoms with van der Waals surface area (Å²) in [6.07, 6.45) is 5.08. The number of esters is 1. The van der Waals surface area contributed by atoms with E-state index in [1.165, 1.54) is 12.8 Å². The van der Waals surface area contributed by atoms with E-state index in [-0.39, 0.29) is 5.97 Å². The van der Waals surface area contributed by atoms with Crippen molar-refractivity contribution < 1.29 is 9.53 Å². The number of unbranched alkanes of at least 4 members (excludes halogenated alkanes) is 3. The van der Waals surface area contributed by atoms with Crippen molar-refractivity contribution in [2.75, 3.05) is 19.7 Å². The molecule has 0 aliphatic carbocycles. The molecule has 0 saturated heterocycles. The van der Waals surface area contributed by atoms with E-state index in [9.17, 15) is 4.79 Å². The molecule has 3 heteroatoms. The molecule has 84 valence electrons.